The van der Waals surface area contributed by atoms with Crippen LogP contribution in [0.1, 0.15) is 36.8 Å². The highest BCUT2D eigenvalue weighted by Gasteiger charge is 2.22. The first-order chi connectivity index (χ1) is 12.5. The number of nitrogen functional groups attached to an aromatic ring is 2. The standard InChI is InChI=1S/C19H29N7/c1-11-3-8-15(12(2)9-11)24-19-25-17(22)16(21)18(26-19)23-14-6-4-13(10-20)5-7-14/h3,8-9,13-14H,4-7,10,20-21H2,1-2H3,(H4,22,23,24,25,26). The van der Waals surface area contributed by atoms with Gasteiger partial charge in [-0.05, 0) is 63.6 Å². The first-order valence-electron chi connectivity index (χ1n) is 9.20. The molecule has 0 saturated heterocycles. The van der Waals surface area contributed by atoms with Gasteiger partial charge in [0.2, 0.25) is 5.95 Å². The van der Waals surface area contributed by atoms with Crippen molar-refractivity contribution < 1.29 is 0 Å². The molecule has 0 spiro atoms. The van der Waals surface area contributed by atoms with Crippen LogP contribution in [0.25, 0.3) is 0 Å². The minimum Gasteiger partial charge on any atom is -0.393 e. The van der Waals surface area contributed by atoms with Gasteiger partial charge in [-0.15, -0.1) is 0 Å². The van der Waals surface area contributed by atoms with E-state index in [1.54, 1.807) is 0 Å². The predicted octanol–water partition coefficient (Wildman–Crippen LogP) is 2.93. The van der Waals surface area contributed by atoms with E-state index in [0.717, 1.165) is 43.5 Å². The van der Waals surface area contributed by atoms with Crippen molar-refractivity contribution >= 4 is 29.0 Å². The second-order valence-corrected chi connectivity index (χ2v) is 7.24. The van der Waals surface area contributed by atoms with Crippen molar-refractivity contribution in [2.24, 2.45) is 11.7 Å². The number of nitrogens with zero attached hydrogens (tertiary/aromatic N) is 2. The normalized spacial score (nSPS) is 20.0. The number of nitrogens with one attached hydrogen (secondary N) is 2. The second-order valence-electron chi connectivity index (χ2n) is 7.24. The lowest BCUT2D eigenvalue weighted by atomic mass is 9.86. The van der Waals surface area contributed by atoms with Gasteiger partial charge < -0.3 is 27.8 Å². The first kappa shape index (κ1) is 18.3. The Morgan fingerprint density at radius 1 is 1.08 bits per heavy atom. The van der Waals surface area contributed by atoms with Crippen LogP contribution in [0.4, 0.5) is 29.0 Å². The zero-order chi connectivity index (χ0) is 18.7. The largest absolute Gasteiger partial charge is 0.393 e. The third-order valence-electron chi connectivity index (χ3n) is 5.12. The van der Waals surface area contributed by atoms with Gasteiger partial charge in [0.1, 0.15) is 5.69 Å². The van der Waals surface area contributed by atoms with Crippen molar-refractivity contribution in [1.82, 2.24) is 9.97 Å². The van der Waals surface area contributed by atoms with E-state index < -0.39 is 0 Å². The Labute approximate surface area is 154 Å². The number of anilines is 5. The number of rotatable bonds is 5. The Morgan fingerprint density at radius 3 is 2.46 bits per heavy atom. The number of hydrogen-bond donors (Lipinski definition) is 5. The van der Waals surface area contributed by atoms with Crippen LogP contribution in [0.5, 0.6) is 0 Å². The monoisotopic (exact) mass is 355 g/mol. The molecule has 0 amide bonds. The van der Waals surface area contributed by atoms with Gasteiger partial charge in [-0.1, -0.05) is 17.7 Å². The Bertz CT molecular complexity index is 767. The molecule has 2 aromatic rings. The molecule has 1 aromatic heterocycles. The van der Waals surface area contributed by atoms with Gasteiger partial charge in [0.25, 0.3) is 0 Å². The van der Waals surface area contributed by atoms with E-state index in [-0.39, 0.29) is 5.82 Å². The highest BCUT2D eigenvalue weighted by atomic mass is 15.2. The lowest BCUT2D eigenvalue weighted by Gasteiger charge is -2.29. The molecule has 0 radical (unpaired) electrons. The van der Waals surface area contributed by atoms with Crippen LogP contribution in [-0.2, 0) is 0 Å². The third-order valence-corrected chi connectivity index (χ3v) is 5.12. The fraction of sp³-hybridized carbons (Fsp3) is 0.474. The topological polar surface area (TPSA) is 128 Å². The summed E-state index contributed by atoms with van der Waals surface area (Å²) in [6, 6.07) is 6.51. The molecule has 26 heavy (non-hydrogen) atoms. The fourth-order valence-corrected chi connectivity index (χ4v) is 3.46. The first-order valence-corrected chi connectivity index (χ1v) is 9.20. The molecule has 1 heterocycles. The maximum Gasteiger partial charge on any atom is 0.231 e. The van der Waals surface area contributed by atoms with E-state index in [1.165, 1.54) is 5.56 Å². The van der Waals surface area contributed by atoms with Crippen molar-refractivity contribution in [3.63, 3.8) is 0 Å². The Kier molecular flexibility index (Phi) is 5.46. The van der Waals surface area contributed by atoms with Crippen LogP contribution in [0.15, 0.2) is 18.2 Å². The predicted molar refractivity (Wildman–Crippen MR) is 108 cm³/mol. The van der Waals surface area contributed by atoms with E-state index in [9.17, 15) is 0 Å². The molecular weight excluding hydrogens is 326 g/mol. The highest BCUT2D eigenvalue weighted by Crippen LogP contribution is 2.30. The Morgan fingerprint density at radius 2 is 1.81 bits per heavy atom. The van der Waals surface area contributed by atoms with E-state index in [1.807, 2.05) is 19.1 Å². The zero-order valence-corrected chi connectivity index (χ0v) is 15.5. The van der Waals surface area contributed by atoms with Crippen LogP contribution in [0.3, 0.4) is 0 Å². The molecule has 7 heteroatoms. The average molecular weight is 355 g/mol. The Hall–Kier alpha value is -2.54. The van der Waals surface area contributed by atoms with Crippen LogP contribution >= 0.6 is 0 Å². The van der Waals surface area contributed by atoms with Crippen LogP contribution in [0, 0.1) is 19.8 Å². The van der Waals surface area contributed by atoms with Gasteiger partial charge in [0, 0.05) is 11.7 Å². The zero-order valence-electron chi connectivity index (χ0n) is 15.5. The summed E-state index contributed by atoms with van der Waals surface area (Å²) in [5.74, 6) is 1.95. The van der Waals surface area contributed by atoms with Crippen molar-refractivity contribution in [1.29, 1.82) is 0 Å². The smallest absolute Gasteiger partial charge is 0.231 e. The molecule has 1 fully saturated rings. The summed E-state index contributed by atoms with van der Waals surface area (Å²) in [5, 5.41) is 6.69. The highest BCUT2D eigenvalue weighted by molar-refractivity contribution is 5.75. The molecule has 140 valence electrons. The maximum atomic E-state index is 6.10. The molecule has 7 nitrogen and oxygen atoms in total. The minimum atomic E-state index is 0.283. The van der Waals surface area contributed by atoms with Crippen molar-refractivity contribution in [3.8, 4) is 0 Å². The van der Waals surface area contributed by atoms with Gasteiger partial charge in [0.05, 0.1) is 0 Å². The molecule has 1 aliphatic rings. The van der Waals surface area contributed by atoms with Gasteiger partial charge in [-0.3, -0.25) is 0 Å². The van der Waals surface area contributed by atoms with E-state index in [2.05, 4.69) is 33.6 Å². The van der Waals surface area contributed by atoms with E-state index in [0.29, 0.717) is 29.4 Å². The second kappa shape index (κ2) is 7.78. The minimum absolute atomic E-state index is 0.283. The number of hydrogen-bond acceptors (Lipinski definition) is 7. The van der Waals surface area contributed by atoms with Crippen molar-refractivity contribution in [2.45, 2.75) is 45.6 Å². The summed E-state index contributed by atoms with van der Waals surface area (Å²) in [6.07, 6.45) is 4.38. The molecule has 0 unspecified atom stereocenters. The fourth-order valence-electron chi connectivity index (χ4n) is 3.46. The molecule has 0 aliphatic heterocycles. The van der Waals surface area contributed by atoms with E-state index >= 15 is 0 Å². The average Bonchev–Trinajstić information content (AvgIpc) is 2.62. The summed E-state index contributed by atoms with van der Waals surface area (Å²) in [7, 11) is 0. The maximum absolute atomic E-state index is 6.10. The molecule has 1 aliphatic carbocycles. The molecule has 0 atom stereocenters. The molecule has 1 aromatic carbocycles. The number of benzene rings is 1. The summed E-state index contributed by atoms with van der Waals surface area (Å²) in [5.41, 5.74) is 21.6. The van der Waals surface area contributed by atoms with Crippen molar-refractivity contribution in [2.75, 3.05) is 28.6 Å². The van der Waals surface area contributed by atoms with E-state index in [4.69, 9.17) is 17.2 Å². The molecule has 0 bridgehead atoms. The lowest BCUT2D eigenvalue weighted by molar-refractivity contribution is 0.344. The van der Waals surface area contributed by atoms with Gasteiger partial charge >= 0.3 is 0 Å². The van der Waals surface area contributed by atoms with Gasteiger partial charge in [-0.25, -0.2) is 0 Å². The Balaban J connectivity index is 1.76. The number of aromatic nitrogens is 2. The van der Waals surface area contributed by atoms with Gasteiger partial charge in [-0.2, -0.15) is 9.97 Å². The molecule has 8 N–H and O–H groups in total. The van der Waals surface area contributed by atoms with Crippen molar-refractivity contribution in [3.05, 3.63) is 29.3 Å². The van der Waals surface area contributed by atoms with Crippen LogP contribution in [0.2, 0.25) is 0 Å². The number of aryl methyl sites for hydroxylation is 2. The van der Waals surface area contributed by atoms with Gasteiger partial charge in [0.15, 0.2) is 11.6 Å². The number of nitrogens with two attached hydrogens (primary N) is 3. The molecule has 3 rings (SSSR count). The van der Waals surface area contributed by atoms with Crippen LogP contribution in [-0.4, -0.2) is 22.6 Å². The summed E-state index contributed by atoms with van der Waals surface area (Å²) >= 11 is 0. The quantitative estimate of drug-likeness (QED) is 0.558. The molecular formula is C19H29N7. The summed E-state index contributed by atoms with van der Waals surface area (Å²) < 4.78 is 0. The third kappa shape index (κ3) is 4.16. The summed E-state index contributed by atoms with van der Waals surface area (Å²) in [4.78, 5) is 8.85. The SMILES string of the molecule is Cc1ccc(Nc2nc(N)c(N)c(NC3CCC(CN)CC3)n2)c(C)c1. The lowest BCUT2D eigenvalue weighted by Crippen LogP contribution is -2.30. The molecule has 1 saturated carbocycles. The van der Waals surface area contributed by atoms with Crippen LogP contribution < -0.4 is 27.8 Å². The summed E-state index contributed by atoms with van der Waals surface area (Å²) in [6.45, 7) is 4.88.